The highest BCUT2D eigenvalue weighted by Crippen LogP contribution is 2.28. The van der Waals surface area contributed by atoms with Crippen LogP contribution in [0.3, 0.4) is 0 Å². The third-order valence-electron chi connectivity index (χ3n) is 2.73. The van der Waals surface area contributed by atoms with E-state index in [9.17, 15) is 9.59 Å². The smallest absolute Gasteiger partial charge is 0.339 e. The Balaban J connectivity index is 3.15. The van der Waals surface area contributed by atoms with E-state index in [4.69, 9.17) is 33.0 Å². The summed E-state index contributed by atoms with van der Waals surface area (Å²) in [7, 11) is 0. The summed E-state index contributed by atoms with van der Waals surface area (Å²) in [5.74, 6) is -1.98. The fraction of sp³-hybridized carbons (Fsp3) is 0.429. The molecule has 1 N–H and O–H groups in total. The van der Waals surface area contributed by atoms with E-state index >= 15 is 0 Å². The minimum absolute atomic E-state index is 0.0773. The molecule has 0 aliphatic rings. The number of aromatic carboxylic acids is 1. The summed E-state index contributed by atoms with van der Waals surface area (Å²) in [5.41, 5.74) is -0.999. The van der Waals surface area contributed by atoms with Crippen LogP contribution in [0.15, 0.2) is 12.1 Å². The van der Waals surface area contributed by atoms with E-state index in [1.165, 1.54) is 6.07 Å². The van der Waals surface area contributed by atoms with Gasteiger partial charge in [0.05, 0.1) is 21.2 Å². The zero-order valence-electron chi connectivity index (χ0n) is 11.5. The predicted octanol–water partition coefficient (Wildman–Crippen LogP) is 4.43. The number of carbonyl (C=O) groups excluding carboxylic acids is 1. The van der Waals surface area contributed by atoms with Gasteiger partial charge in [-0.05, 0) is 32.4 Å². The Morgan fingerprint density at radius 1 is 1.20 bits per heavy atom. The van der Waals surface area contributed by atoms with Crippen LogP contribution in [0.1, 0.15) is 54.3 Å². The van der Waals surface area contributed by atoms with Crippen LogP contribution >= 0.6 is 23.2 Å². The topological polar surface area (TPSA) is 63.6 Å². The zero-order valence-corrected chi connectivity index (χ0v) is 13.0. The Labute approximate surface area is 127 Å². The maximum atomic E-state index is 12.1. The lowest BCUT2D eigenvalue weighted by Gasteiger charge is -2.25. The lowest BCUT2D eigenvalue weighted by Crippen LogP contribution is -2.28. The first kappa shape index (κ1) is 16.8. The molecule has 0 heterocycles. The van der Waals surface area contributed by atoms with Crippen LogP contribution in [-0.2, 0) is 4.74 Å². The highest BCUT2D eigenvalue weighted by atomic mass is 35.5. The molecule has 0 bridgehead atoms. The number of carboxylic acid groups (broad SMARTS) is 1. The van der Waals surface area contributed by atoms with Crippen molar-refractivity contribution in [3.05, 3.63) is 33.3 Å². The van der Waals surface area contributed by atoms with Gasteiger partial charge in [0.15, 0.2) is 0 Å². The number of halogens is 2. The molecular formula is C14H16Cl2O4. The van der Waals surface area contributed by atoms with Gasteiger partial charge in [0.25, 0.3) is 0 Å². The van der Waals surface area contributed by atoms with E-state index < -0.39 is 17.5 Å². The fourth-order valence-corrected chi connectivity index (χ4v) is 2.18. The van der Waals surface area contributed by atoms with Crippen molar-refractivity contribution in [3.8, 4) is 0 Å². The van der Waals surface area contributed by atoms with Crippen molar-refractivity contribution in [3.63, 3.8) is 0 Å². The molecule has 0 aromatic heterocycles. The SMILES string of the molecule is CCCC(C)(C)OC(=O)c1cc(Cl)c(Cl)cc1C(=O)O. The van der Waals surface area contributed by atoms with E-state index in [1.54, 1.807) is 13.8 Å². The van der Waals surface area contributed by atoms with E-state index in [2.05, 4.69) is 0 Å². The van der Waals surface area contributed by atoms with E-state index in [1.807, 2.05) is 6.92 Å². The van der Waals surface area contributed by atoms with Gasteiger partial charge in [-0.15, -0.1) is 0 Å². The Bertz CT molecular complexity index is 538. The van der Waals surface area contributed by atoms with E-state index in [0.717, 1.165) is 12.5 Å². The monoisotopic (exact) mass is 318 g/mol. The fourth-order valence-electron chi connectivity index (χ4n) is 1.85. The van der Waals surface area contributed by atoms with Gasteiger partial charge in [-0.1, -0.05) is 36.5 Å². The minimum atomic E-state index is -1.26. The number of carboxylic acids is 1. The molecule has 0 saturated heterocycles. The molecule has 20 heavy (non-hydrogen) atoms. The molecular weight excluding hydrogens is 303 g/mol. The van der Waals surface area contributed by atoms with Crippen molar-refractivity contribution in [2.45, 2.75) is 39.2 Å². The van der Waals surface area contributed by atoms with Gasteiger partial charge in [-0.3, -0.25) is 0 Å². The lowest BCUT2D eigenvalue weighted by molar-refractivity contribution is -0.00501. The van der Waals surface area contributed by atoms with E-state index in [0.29, 0.717) is 6.42 Å². The maximum Gasteiger partial charge on any atom is 0.339 e. The second-order valence-electron chi connectivity index (χ2n) is 5.02. The first-order valence-corrected chi connectivity index (χ1v) is 6.89. The molecule has 0 unspecified atom stereocenters. The molecule has 0 radical (unpaired) electrons. The number of benzene rings is 1. The summed E-state index contributed by atoms with van der Waals surface area (Å²) >= 11 is 11.6. The third kappa shape index (κ3) is 4.12. The summed E-state index contributed by atoms with van der Waals surface area (Å²) in [6.07, 6.45) is 1.51. The van der Waals surface area contributed by atoms with Gasteiger partial charge in [0, 0.05) is 0 Å². The van der Waals surface area contributed by atoms with Crippen LogP contribution in [-0.4, -0.2) is 22.6 Å². The quantitative estimate of drug-likeness (QED) is 0.816. The Morgan fingerprint density at radius 2 is 1.70 bits per heavy atom. The van der Waals surface area contributed by atoms with Crippen LogP contribution in [0.25, 0.3) is 0 Å². The Kier molecular flexibility index (Phi) is 5.42. The summed E-state index contributed by atoms with van der Waals surface area (Å²) in [6.45, 7) is 5.51. The molecule has 6 heteroatoms. The first-order chi connectivity index (χ1) is 9.18. The molecule has 1 rings (SSSR count). The number of hydrogen-bond donors (Lipinski definition) is 1. The molecule has 0 aliphatic carbocycles. The van der Waals surface area contributed by atoms with Crippen molar-refractivity contribution < 1.29 is 19.4 Å². The van der Waals surface area contributed by atoms with Crippen molar-refractivity contribution >= 4 is 35.1 Å². The Hall–Kier alpha value is -1.26. The predicted molar refractivity (Wildman–Crippen MR) is 77.8 cm³/mol. The third-order valence-corrected chi connectivity index (χ3v) is 3.45. The molecule has 0 fully saturated rings. The van der Waals surface area contributed by atoms with Crippen molar-refractivity contribution in [1.82, 2.24) is 0 Å². The molecule has 110 valence electrons. The molecule has 0 aliphatic heterocycles. The average Bonchev–Trinajstić information content (AvgIpc) is 2.30. The molecule has 1 aromatic carbocycles. The summed E-state index contributed by atoms with van der Waals surface area (Å²) in [6, 6.07) is 2.37. The van der Waals surface area contributed by atoms with Crippen LogP contribution in [0.2, 0.25) is 10.0 Å². The molecule has 0 spiro atoms. The molecule has 0 atom stereocenters. The molecule has 0 amide bonds. The van der Waals surface area contributed by atoms with E-state index in [-0.39, 0.29) is 21.2 Å². The zero-order chi connectivity index (χ0) is 15.5. The Morgan fingerprint density at radius 3 is 2.15 bits per heavy atom. The minimum Gasteiger partial charge on any atom is -0.478 e. The number of carbonyl (C=O) groups is 2. The highest BCUT2D eigenvalue weighted by Gasteiger charge is 2.26. The normalized spacial score (nSPS) is 11.2. The van der Waals surface area contributed by atoms with Gasteiger partial charge in [-0.2, -0.15) is 0 Å². The summed E-state index contributed by atoms with van der Waals surface area (Å²) in [5, 5.41) is 9.31. The number of rotatable bonds is 5. The highest BCUT2D eigenvalue weighted by molar-refractivity contribution is 6.42. The largest absolute Gasteiger partial charge is 0.478 e. The number of esters is 1. The second kappa shape index (κ2) is 6.46. The summed E-state index contributed by atoms with van der Waals surface area (Å²) < 4.78 is 5.35. The number of ether oxygens (including phenoxy) is 1. The standard InChI is InChI=1S/C14H16Cl2O4/c1-4-5-14(2,3)20-13(19)9-7-11(16)10(15)6-8(9)12(17)18/h6-7H,4-5H2,1-3H3,(H,17,18). The van der Waals surface area contributed by atoms with Gasteiger partial charge in [0.1, 0.15) is 5.60 Å². The van der Waals surface area contributed by atoms with Crippen molar-refractivity contribution in [2.75, 3.05) is 0 Å². The van der Waals surface area contributed by atoms with Crippen molar-refractivity contribution in [1.29, 1.82) is 0 Å². The first-order valence-electron chi connectivity index (χ1n) is 6.13. The summed E-state index contributed by atoms with van der Waals surface area (Å²) in [4.78, 5) is 23.3. The maximum absolute atomic E-state index is 12.1. The molecule has 0 saturated carbocycles. The van der Waals surface area contributed by atoms with Gasteiger partial charge in [0.2, 0.25) is 0 Å². The second-order valence-corrected chi connectivity index (χ2v) is 5.83. The molecule has 1 aromatic rings. The lowest BCUT2D eigenvalue weighted by atomic mass is 10.0. The van der Waals surface area contributed by atoms with Gasteiger partial charge >= 0.3 is 11.9 Å². The average molecular weight is 319 g/mol. The number of hydrogen-bond acceptors (Lipinski definition) is 3. The van der Waals surface area contributed by atoms with Crippen molar-refractivity contribution in [2.24, 2.45) is 0 Å². The van der Waals surface area contributed by atoms with Crippen LogP contribution < -0.4 is 0 Å². The van der Waals surface area contributed by atoms with Gasteiger partial charge in [-0.25, -0.2) is 9.59 Å². The van der Waals surface area contributed by atoms with Crippen LogP contribution in [0.5, 0.6) is 0 Å². The molecule has 4 nitrogen and oxygen atoms in total. The van der Waals surface area contributed by atoms with Gasteiger partial charge < -0.3 is 9.84 Å². The van der Waals surface area contributed by atoms with Crippen LogP contribution in [0.4, 0.5) is 0 Å². The van der Waals surface area contributed by atoms with Crippen LogP contribution in [0, 0.1) is 0 Å².